The molecule has 2 nitrogen and oxygen atoms in total. The van der Waals surface area contributed by atoms with Crippen LogP contribution in [0.4, 0.5) is 4.39 Å². The van der Waals surface area contributed by atoms with Gasteiger partial charge in [-0.25, -0.2) is 4.39 Å². The Balaban J connectivity index is 2.19. The molecule has 1 aromatic carbocycles. The summed E-state index contributed by atoms with van der Waals surface area (Å²) in [6.07, 6.45) is 2.02. The van der Waals surface area contributed by atoms with Crippen LogP contribution in [0.1, 0.15) is 22.9 Å². The van der Waals surface area contributed by atoms with E-state index in [4.69, 9.17) is 10.2 Å². The van der Waals surface area contributed by atoms with E-state index in [9.17, 15) is 4.39 Å². The second kappa shape index (κ2) is 5.02. The minimum Gasteiger partial charge on any atom is -0.467 e. The van der Waals surface area contributed by atoms with Crippen molar-refractivity contribution in [2.24, 2.45) is 5.73 Å². The molecule has 1 atom stereocenters. The van der Waals surface area contributed by atoms with Gasteiger partial charge in [-0.3, -0.25) is 0 Å². The van der Waals surface area contributed by atoms with Crippen molar-refractivity contribution in [1.82, 2.24) is 0 Å². The molecule has 90 valence electrons. The molecular formula is C13H13BrFNO. The topological polar surface area (TPSA) is 39.2 Å². The first-order valence-electron chi connectivity index (χ1n) is 5.31. The zero-order valence-electron chi connectivity index (χ0n) is 9.41. The molecule has 1 unspecified atom stereocenters. The van der Waals surface area contributed by atoms with Gasteiger partial charge >= 0.3 is 0 Å². The average molecular weight is 298 g/mol. The highest BCUT2D eigenvalue weighted by Gasteiger charge is 2.15. The summed E-state index contributed by atoms with van der Waals surface area (Å²) >= 11 is 3.22. The molecule has 2 aromatic rings. The van der Waals surface area contributed by atoms with Gasteiger partial charge in [0.1, 0.15) is 11.6 Å². The van der Waals surface area contributed by atoms with E-state index >= 15 is 0 Å². The summed E-state index contributed by atoms with van der Waals surface area (Å²) in [6, 6.07) is 6.52. The molecule has 1 aromatic heterocycles. The Morgan fingerprint density at radius 1 is 1.41 bits per heavy atom. The van der Waals surface area contributed by atoms with Crippen LogP contribution in [0.3, 0.4) is 0 Å². The minimum atomic E-state index is -0.319. The molecule has 0 aliphatic carbocycles. The van der Waals surface area contributed by atoms with Crippen molar-refractivity contribution >= 4 is 15.9 Å². The quantitative estimate of drug-likeness (QED) is 0.937. The molecule has 0 bridgehead atoms. The van der Waals surface area contributed by atoms with Gasteiger partial charge in [0, 0.05) is 4.47 Å². The fourth-order valence-electron chi connectivity index (χ4n) is 1.78. The van der Waals surface area contributed by atoms with E-state index in [1.807, 2.05) is 13.0 Å². The van der Waals surface area contributed by atoms with Crippen LogP contribution >= 0.6 is 15.9 Å². The van der Waals surface area contributed by atoms with Crippen LogP contribution in [0.15, 0.2) is 39.4 Å². The Labute approximate surface area is 108 Å². The number of benzene rings is 1. The van der Waals surface area contributed by atoms with Crippen LogP contribution in [0.5, 0.6) is 0 Å². The fraction of sp³-hybridized carbons (Fsp3) is 0.231. The lowest BCUT2D eigenvalue weighted by Crippen LogP contribution is -2.14. The highest BCUT2D eigenvalue weighted by Crippen LogP contribution is 2.23. The molecule has 4 heteroatoms. The molecule has 1 heterocycles. The lowest BCUT2D eigenvalue weighted by Gasteiger charge is -2.11. The van der Waals surface area contributed by atoms with E-state index in [0.29, 0.717) is 17.7 Å². The molecule has 2 rings (SSSR count). The Morgan fingerprint density at radius 2 is 2.18 bits per heavy atom. The second-order valence-corrected chi connectivity index (χ2v) is 4.93. The summed E-state index contributed by atoms with van der Waals surface area (Å²) in [5, 5.41) is 0. The van der Waals surface area contributed by atoms with Crippen molar-refractivity contribution in [1.29, 1.82) is 0 Å². The number of aryl methyl sites for hydroxylation is 1. The summed E-state index contributed by atoms with van der Waals surface area (Å²) in [6.45, 7) is 1.93. The Kier molecular flexibility index (Phi) is 3.64. The van der Waals surface area contributed by atoms with Gasteiger partial charge in [-0.2, -0.15) is 0 Å². The summed E-state index contributed by atoms with van der Waals surface area (Å²) in [4.78, 5) is 0. The van der Waals surface area contributed by atoms with Crippen molar-refractivity contribution < 1.29 is 8.81 Å². The predicted octanol–water partition coefficient (Wildman–Crippen LogP) is 3.73. The van der Waals surface area contributed by atoms with Crippen LogP contribution in [0.25, 0.3) is 0 Å². The van der Waals surface area contributed by atoms with Crippen molar-refractivity contribution in [3.05, 3.63) is 57.7 Å². The molecule has 17 heavy (non-hydrogen) atoms. The Morgan fingerprint density at radius 3 is 2.76 bits per heavy atom. The predicted molar refractivity (Wildman–Crippen MR) is 68.2 cm³/mol. The summed E-state index contributed by atoms with van der Waals surface area (Å²) in [5.74, 6) is 0.464. The van der Waals surface area contributed by atoms with Gasteiger partial charge in [0.25, 0.3) is 0 Å². The maximum absolute atomic E-state index is 13.6. The third-order valence-corrected chi connectivity index (χ3v) is 3.19. The zero-order valence-corrected chi connectivity index (χ0v) is 11.0. The number of rotatable bonds is 3. The lowest BCUT2D eigenvalue weighted by atomic mass is 10.0. The Hall–Kier alpha value is -1.13. The molecule has 0 aliphatic heterocycles. The van der Waals surface area contributed by atoms with Crippen molar-refractivity contribution in [3.63, 3.8) is 0 Å². The van der Waals surface area contributed by atoms with E-state index < -0.39 is 0 Å². The van der Waals surface area contributed by atoms with Gasteiger partial charge < -0.3 is 10.2 Å². The fourth-order valence-corrected chi connectivity index (χ4v) is 2.11. The molecule has 0 saturated carbocycles. The van der Waals surface area contributed by atoms with Crippen molar-refractivity contribution in [2.75, 3.05) is 0 Å². The van der Waals surface area contributed by atoms with Crippen LogP contribution in [-0.2, 0) is 6.42 Å². The largest absolute Gasteiger partial charge is 0.467 e. The van der Waals surface area contributed by atoms with E-state index in [1.165, 1.54) is 6.07 Å². The first kappa shape index (κ1) is 12.3. The number of hydrogen-bond acceptors (Lipinski definition) is 2. The average Bonchev–Trinajstić information content (AvgIpc) is 2.68. The van der Waals surface area contributed by atoms with Crippen LogP contribution in [0, 0.1) is 12.7 Å². The molecule has 0 radical (unpaired) electrons. The molecule has 0 aliphatic rings. The molecule has 0 amide bonds. The number of nitrogens with two attached hydrogens (primary N) is 1. The third kappa shape index (κ3) is 2.76. The Bertz CT molecular complexity index is 524. The third-order valence-electron chi connectivity index (χ3n) is 2.69. The highest BCUT2D eigenvalue weighted by molar-refractivity contribution is 9.10. The van der Waals surface area contributed by atoms with E-state index in [2.05, 4.69) is 15.9 Å². The summed E-state index contributed by atoms with van der Waals surface area (Å²) in [7, 11) is 0. The maximum Gasteiger partial charge on any atom is 0.127 e. The van der Waals surface area contributed by atoms with Gasteiger partial charge in [0.2, 0.25) is 0 Å². The summed E-state index contributed by atoms with van der Waals surface area (Å²) < 4.78 is 19.7. The van der Waals surface area contributed by atoms with Crippen LogP contribution in [-0.4, -0.2) is 0 Å². The summed E-state index contributed by atoms with van der Waals surface area (Å²) in [5.41, 5.74) is 7.60. The van der Waals surface area contributed by atoms with Gasteiger partial charge in [0.15, 0.2) is 0 Å². The lowest BCUT2D eigenvalue weighted by molar-refractivity contribution is 0.457. The highest BCUT2D eigenvalue weighted by atomic mass is 79.9. The zero-order chi connectivity index (χ0) is 12.4. The maximum atomic E-state index is 13.6. The first-order chi connectivity index (χ1) is 8.08. The molecule has 0 spiro atoms. The van der Waals surface area contributed by atoms with Crippen molar-refractivity contribution in [3.8, 4) is 0 Å². The second-order valence-electron chi connectivity index (χ2n) is 4.01. The van der Waals surface area contributed by atoms with E-state index in [1.54, 1.807) is 18.4 Å². The first-order valence-corrected chi connectivity index (χ1v) is 6.10. The van der Waals surface area contributed by atoms with Gasteiger partial charge in [0.05, 0.1) is 12.3 Å². The normalized spacial score (nSPS) is 12.7. The smallest absolute Gasteiger partial charge is 0.127 e. The molecule has 0 saturated heterocycles. The van der Waals surface area contributed by atoms with Gasteiger partial charge in [-0.1, -0.05) is 22.0 Å². The number of hydrogen-bond donors (Lipinski definition) is 1. The van der Waals surface area contributed by atoms with E-state index in [0.717, 1.165) is 10.0 Å². The van der Waals surface area contributed by atoms with Gasteiger partial charge in [-0.15, -0.1) is 0 Å². The van der Waals surface area contributed by atoms with Crippen LogP contribution < -0.4 is 5.73 Å². The SMILES string of the molecule is Cc1ccoc1C(N)Cc1ccc(Br)cc1F. The van der Waals surface area contributed by atoms with Gasteiger partial charge in [-0.05, 0) is 42.7 Å². The number of furan rings is 1. The minimum absolute atomic E-state index is 0.251. The van der Waals surface area contributed by atoms with Crippen molar-refractivity contribution in [2.45, 2.75) is 19.4 Å². The standard InChI is InChI=1S/C13H13BrFNO/c1-8-4-5-17-13(8)12(16)6-9-2-3-10(14)7-11(9)15/h2-5,7,12H,6,16H2,1H3. The van der Waals surface area contributed by atoms with Crippen LogP contribution in [0.2, 0.25) is 0 Å². The molecule has 0 fully saturated rings. The molecular weight excluding hydrogens is 285 g/mol. The van der Waals surface area contributed by atoms with E-state index in [-0.39, 0.29) is 11.9 Å². The number of halogens is 2. The molecule has 2 N–H and O–H groups in total. The monoisotopic (exact) mass is 297 g/mol.